The van der Waals surface area contributed by atoms with Gasteiger partial charge in [0.15, 0.2) is 0 Å². The number of carbonyl (C=O) groups excluding carboxylic acids is 1. The minimum Gasteiger partial charge on any atom is -0.496 e. The fourth-order valence-electron chi connectivity index (χ4n) is 5.23. The van der Waals surface area contributed by atoms with Crippen LogP contribution in [-0.2, 0) is 14.3 Å². The van der Waals surface area contributed by atoms with Gasteiger partial charge in [-0.15, -0.1) is 4.80 Å². The van der Waals surface area contributed by atoms with Crippen LogP contribution in [0.4, 0.5) is 4.39 Å². The highest BCUT2D eigenvalue weighted by Crippen LogP contribution is 2.34. The minimum absolute atomic E-state index is 0.0237. The zero-order valence-electron chi connectivity index (χ0n) is 24.8. The van der Waals surface area contributed by atoms with Gasteiger partial charge in [-0.05, 0) is 31.5 Å². The van der Waals surface area contributed by atoms with Crippen molar-refractivity contribution in [3.63, 3.8) is 0 Å². The van der Waals surface area contributed by atoms with Gasteiger partial charge in [0.1, 0.15) is 34.1 Å². The fraction of sp³-hybridized carbons (Fsp3) is 0.483. The van der Waals surface area contributed by atoms with E-state index in [1.165, 1.54) is 46.0 Å². The van der Waals surface area contributed by atoms with Crippen LogP contribution in [0.25, 0.3) is 15.2 Å². The van der Waals surface area contributed by atoms with Gasteiger partial charge in [0.05, 0.1) is 44.1 Å². The number of halogens is 1. The van der Waals surface area contributed by atoms with E-state index in [1.807, 2.05) is 20.8 Å². The number of hydrogen-bond donors (Lipinski definition) is 0. The number of ether oxygens (including phenoxy) is 4. The van der Waals surface area contributed by atoms with Gasteiger partial charge in [0.2, 0.25) is 5.91 Å². The van der Waals surface area contributed by atoms with Gasteiger partial charge in [0.25, 0.3) is 5.56 Å². The lowest BCUT2D eigenvalue weighted by Gasteiger charge is -2.23. The van der Waals surface area contributed by atoms with Crippen LogP contribution in [0.15, 0.2) is 35.4 Å². The predicted octanol–water partition coefficient (Wildman–Crippen LogP) is 3.71. The van der Waals surface area contributed by atoms with E-state index in [0.29, 0.717) is 58.2 Å². The van der Waals surface area contributed by atoms with Gasteiger partial charge in [-0.1, -0.05) is 25.2 Å². The van der Waals surface area contributed by atoms with E-state index >= 15 is 0 Å². The largest absolute Gasteiger partial charge is 0.496 e. The van der Waals surface area contributed by atoms with Crippen LogP contribution in [0.3, 0.4) is 0 Å². The maximum Gasteiger partial charge on any atom is 0.300 e. The van der Waals surface area contributed by atoms with Crippen LogP contribution in [0.2, 0.25) is 0 Å². The molecule has 1 saturated heterocycles. The van der Waals surface area contributed by atoms with Crippen molar-refractivity contribution in [2.24, 2.45) is 5.92 Å². The Labute approximate surface area is 251 Å². The molecule has 43 heavy (non-hydrogen) atoms. The highest BCUT2D eigenvalue weighted by molar-refractivity contribution is 7.21. The highest BCUT2D eigenvalue weighted by atomic mass is 32.1. The van der Waals surface area contributed by atoms with Crippen molar-refractivity contribution in [3.8, 4) is 16.8 Å². The average molecular weight is 615 g/mol. The third-order valence-corrected chi connectivity index (χ3v) is 8.53. The van der Waals surface area contributed by atoms with Crippen molar-refractivity contribution in [2.75, 3.05) is 47.1 Å². The van der Waals surface area contributed by atoms with E-state index in [2.05, 4.69) is 10.2 Å². The van der Waals surface area contributed by atoms with E-state index in [1.54, 1.807) is 24.4 Å². The monoisotopic (exact) mass is 614 g/mol. The maximum atomic E-state index is 14.3. The molecule has 0 spiro atoms. The molecule has 5 rings (SSSR count). The third kappa shape index (κ3) is 6.26. The van der Waals surface area contributed by atoms with Gasteiger partial charge >= 0.3 is 6.01 Å². The molecule has 0 bridgehead atoms. The van der Waals surface area contributed by atoms with Crippen molar-refractivity contribution in [1.82, 2.24) is 29.4 Å². The van der Waals surface area contributed by atoms with Crippen molar-refractivity contribution in [2.45, 2.75) is 39.3 Å². The lowest BCUT2D eigenvalue weighted by atomic mass is 10.1. The Morgan fingerprint density at radius 3 is 2.65 bits per heavy atom. The molecule has 0 saturated carbocycles. The van der Waals surface area contributed by atoms with Crippen LogP contribution >= 0.6 is 11.3 Å². The van der Waals surface area contributed by atoms with E-state index in [9.17, 15) is 14.0 Å². The second kappa shape index (κ2) is 13.2. The smallest absolute Gasteiger partial charge is 0.300 e. The number of fused-ring (bicyclic) bond motifs is 1. The topological polar surface area (TPSA) is 123 Å². The average Bonchev–Trinajstić information content (AvgIpc) is 3.75. The molecule has 12 nitrogen and oxygen atoms in total. The fourth-order valence-corrected chi connectivity index (χ4v) is 6.31. The number of aromatic nitrogens is 5. The first-order valence-corrected chi connectivity index (χ1v) is 14.8. The molecule has 2 atom stereocenters. The SMILES string of the molecule is COCCOC(COc1nc2sc(-n3nccn3)c(C)c2c(=O)n1C1CCN(C(=O)C(C)C)C1)c1cc(F)ccc1OC. The second-order valence-corrected chi connectivity index (χ2v) is 11.5. The van der Waals surface area contributed by atoms with Crippen LogP contribution in [0.5, 0.6) is 11.8 Å². The van der Waals surface area contributed by atoms with E-state index in [-0.39, 0.29) is 42.7 Å². The number of thiophene rings is 1. The summed E-state index contributed by atoms with van der Waals surface area (Å²) < 4.78 is 38.8. The number of aryl methyl sites for hydroxylation is 1. The zero-order valence-corrected chi connectivity index (χ0v) is 25.6. The molecule has 230 valence electrons. The molecule has 4 aromatic rings. The second-order valence-electron chi connectivity index (χ2n) is 10.5. The first-order chi connectivity index (χ1) is 20.7. The van der Waals surface area contributed by atoms with Crippen molar-refractivity contribution in [3.05, 3.63) is 57.9 Å². The van der Waals surface area contributed by atoms with Gasteiger partial charge in [-0.3, -0.25) is 14.2 Å². The number of benzene rings is 1. The first-order valence-electron chi connectivity index (χ1n) is 14.0. The molecule has 3 aromatic heterocycles. The summed E-state index contributed by atoms with van der Waals surface area (Å²) in [6.07, 6.45) is 2.92. The summed E-state index contributed by atoms with van der Waals surface area (Å²) in [5, 5.41) is 9.56. The Morgan fingerprint density at radius 1 is 1.19 bits per heavy atom. The summed E-state index contributed by atoms with van der Waals surface area (Å²) in [6.45, 7) is 6.84. The number of hydrogen-bond acceptors (Lipinski definition) is 10. The predicted molar refractivity (Wildman–Crippen MR) is 158 cm³/mol. The van der Waals surface area contributed by atoms with E-state index in [0.717, 1.165) is 0 Å². The summed E-state index contributed by atoms with van der Waals surface area (Å²) in [7, 11) is 3.05. The Kier molecular flexibility index (Phi) is 9.37. The molecular weight excluding hydrogens is 579 g/mol. The standard InChI is InChI=1S/C29H35FN6O6S/c1-17(2)26(37)34-11-8-20(15-34)35-27(38)24-18(3)28(36-31-9-10-32-36)43-25(24)33-29(35)42-16-23(41-13-12-39-4)21-14-19(30)6-7-22(21)40-5/h6-7,9-10,14,17,20,23H,8,11-13,15-16H2,1-5H3. The molecular formula is C29H35FN6O6S. The van der Waals surface area contributed by atoms with Gasteiger partial charge in [-0.2, -0.15) is 15.2 Å². The molecule has 14 heteroatoms. The molecule has 4 heterocycles. The van der Waals surface area contributed by atoms with Crippen LogP contribution in [0.1, 0.15) is 43.5 Å². The van der Waals surface area contributed by atoms with Crippen LogP contribution in [-0.4, -0.2) is 82.5 Å². The number of amides is 1. The van der Waals surface area contributed by atoms with E-state index in [4.69, 9.17) is 23.9 Å². The number of nitrogens with zero attached hydrogens (tertiary/aromatic N) is 6. The minimum atomic E-state index is -0.765. The summed E-state index contributed by atoms with van der Waals surface area (Å²) >= 11 is 1.28. The van der Waals surface area contributed by atoms with Crippen molar-refractivity contribution < 1.29 is 28.1 Å². The molecule has 0 aliphatic carbocycles. The molecule has 1 aromatic carbocycles. The quantitative estimate of drug-likeness (QED) is 0.220. The molecule has 2 unspecified atom stereocenters. The number of methoxy groups -OCH3 is 2. The highest BCUT2D eigenvalue weighted by Gasteiger charge is 2.33. The Morgan fingerprint density at radius 2 is 1.95 bits per heavy atom. The lowest BCUT2D eigenvalue weighted by Crippen LogP contribution is -2.34. The van der Waals surface area contributed by atoms with Gasteiger partial charge in [0, 0.05) is 37.2 Å². The summed E-state index contributed by atoms with van der Waals surface area (Å²) in [5.41, 5.74) is 0.866. The normalized spacial score (nSPS) is 15.9. The van der Waals surface area contributed by atoms with Crippen molar-refractivity contribution in [1.29, 1.82) is 0 Å². The molecule has 0 N–H and O–H groups in total. The third-order valence-electron chi connectivity index (χ3n) is 7.38. The molecule has 1 aliphatic rings. The molecule has 0 radical (unpaired) electrons. The van der Waals surface area contributed by atoms with Crippen LogP contribution < -0.4 is 15.0 Å². The first kappa shape index (κ1) is 30.6. The van der Waals surface area contributed by atoms with E-state index < -0.39 is 11.9 Å². The lowest BCUT2D eigenvalue weighted by molar-refractivity contribution is -0.133. The summed E-state index contributed by atoms with van der Waals surface area (Å²) in [4.78, 5) is 35.5. The molecule has 1 fully saturated rings. The summed E-state index contributed by atoms with van der Waals surface area (Å²) in [6, 6.07) is 3.89. The number of rotatable bonds is 12. The van der Waals surface area contributed by atoms with Crippen molar-refractivity contribution >= 4 is 27.5 Å². The Bertz CT molecular complexity index is 1640. The number of likely N-dealkylation sites (tertiary alicyclic amines) is 1. The molecule has 1 aliphatic heterocycles. The van der Waals surface area contributed by atoms with Crippen LogP contribution in [0, 0.1) is 18.7 Å². The Hall–Kier alpha value is -3.88. The summed E-state index contributed by atoms with van der Waals surface area (Å²) in [5.74, 6) is -0.170. The van der Waals surface area contributed by atoms with Gasteiger partial charge in [-0.25, -0.2) is 4.39 Å². The molecule has 1 amide bonds. The Balaban J connectivity index is 1.56. The zero-order chi connectivity index (χ0) is 30.7. The number of carbonyl (C=O) groups is 1. The van der Waals surface area contributed by atoms with Gasteiger partial charge < -0.3 is 23.8 Å². The maximum absolute atomic E-state index is 14.3.